The summed E-state index contributed by atoms with van der Waals surface area (Å²) in [6.45, 7) is 11.7. The van der Waals surface area contributed by atoms with Gasteiger partial charge in [0, 0.05) is 48.3 Å². The number of pyridine rings is 4. The Labute approximate surface area is 406 Å². The van der Waals surface area contributed by atoms with Crippen LogP contribution in [0, 0.1) is 27.7 Å². The summed E-state index contributed by atoms with van der Waals surface area (Å²) in [7, 11) is 0. The molecule has 8 aromatic rings. The standard InChI is InChI=1S/2C26H25ClN4O3/c2*1-16-14-29-20(19-10-11-28-25(30-19)26(3,4)33)13-21(16)31-17(2)12-22(23(27)24(31)32)34-15-18-8-6-5-7-9-18/h2*5-14,33H,15H2,1-4H3/i15D2;. The van der Waals surface area contributed by atoms with Gasteiger partial charge in [-0.2, -0.15) is 0 Å². The number of halogens is 2. The van der Waals surface area contributed by atoms with Gasteiger partial charge in [-0.05, 0) is 102 Å². The molecule has 0 saturated heterocycles. The molecule has 0 bridgehead atoms. The molecule has 68 heavy (non-hydrogen) atoms. The van der Waals surface area contributed by atoms with E-state index in [0.29, 0.717) is 69.0 Å². The summed E-state index contributed by atoms with van der Waals surface area (Å²) >= 11 is 12.8. The summed E-state index contributed by atoms with van der Waals surface area (Å²) in [5, 5.41) is 20.3. The maximum Gasteiger partial charge on any atom is 0.277 e. The Bertz CT molecular complexity index is 3320. The topological polar surface area (TPSA) is 180 Å². The predicted molar refractivity (Wildman–Crippen MR) is 263 cm³/mol. The predicted octanol–water partition coefficient (Wildman–Crippen LogP) is 9.53. The van der Waals surface area contributed by atoms with Crippen molar-refractivity contribution in [2.24, 2.45) is 0 Å². The largest absolute Gasteiger partial charge is 0.487 e. The number of hydrogen-bond donors (Lipinski definition) is 2. The number of hydrogen-bond acceptors (Lipinski definition) is 12. The van der Waals surface area contributed by atoms with E-state index in [1.807, 2.05) is 51.1 Å². The molecule has 0 aliphatic carbocycles. The molecule has 0 unspecified atom stereocenters. The molecule has 8 rings (SSSR count). The lowest BCUT2D eigenvalue weighted by Gasteiger charge is -2.17. The monoisotopic (exact) mass is 954 g/mol. The Morgan fingerprint density at radius 2 is 0.985 bits per heavy atom. The van der Waals surface area contributed by atoms with Crippen molar-refractivity contribution < 1.29 is 22.4 Å². The van der Waals surface area contributed by atoms with E-state index in [1.165, 1.54) is 21.4 Å². The Kier molecular flexibility index (Phi) is 13.8. The first-order valence-corrected chi connectivity index (χ1v) is 22.1. The number of ether oxygens (including phenoxy) is 2. The van der Waals surface area contributed by atoms with Crippen molar-refractivity contribution in [3.05, 3.63) is 198 Å². The number of rotatable bonds is 12. The van der Waals surface area contributed by atoms with Crippen molar-refractivity contribution >= 4 is 23.2 Å². The Morgan fingerprint density at radius 3 is 1.41 bits per heavy atom. The van der Waals surface area contributed by atoms with Gasteiger partial charge < -0.3 is 19.7 Å². The third-order valence-corrected chi connectivity index (χ3v) is 11.1. The first kappa shape index (κ1) is 46.0. The van der Waals surface area contributed by atoms with Crippen LogP contribution in [0.4, 0.5) is 0 Å². The molecule has 0 aliphatic rings. The van der Waals surface area contributed by atoms with Crippen molar-refractivity contribution in [1.29, 1.82) is 0 Å². The van der Waals surface area contributed by atoms with E-state index in [9.17, 15) is 19.8 Å². The molecule has 0 atom stereocenters. The molecule has 6 aromatic heterocycles. The summed E-state index contributed by atoms with van der Waals surface area (Å²) in [6, 6.07) is 28.2. The van der Waals surface area contributed by atoms with Gasteiger partial charge >= 0.3 is 0 Å². The maximum atomic E-state index is 13.4. The molecule has 6 heterocycles. The molecular weight excluding hydrogens is 904 g/mol. The normalized spacial score (nSPS) is 12.1. The lowest BCUT2D eigenvalue weighted by molar-refractivity contribution is 0.0683. The van der Waals surface area contributed by atoms with Gasteiger partial charge in [0.25, 0.3) is 11.1 Å². The number of benzene rings is 2. The molecule has 2 N–H and O–H groups in total. The fourth-order valence-corrected chi connectivity index (χ4v) is 7.25. The second-order valence-electron chi connectivity index (χ2n) is 16.9. The minimum absolute atomic E-state index is 0.00523. The van der Waals surface area contributed by atoms with Crippen LogP contribution in [-0.4, -0.2) is 49.3 Å². The minimum atomic E-state index is -2.19. The zero-order valence-corrected chi connectivity index (χ0v) is 40.1. The molecule has 2 aromatic carbocycles. The van der Waals surface area contributed by atoms with Gasteiger partial charge in [0.05, 0.1) is 36.9 Å². The highest BCUT2D eigenvalue weighted by molar-refractivity contribution is 6.32. The van der Waals surface area contributed by atoms with E-state index >= 15 is 0 Å². The van der Waals surface area contributed by atoms with Gasteiger partial charge in [-0.1, -0.05) is 83.9 Å². The van der Waals surface area contributed by atoms with E-state index in [1.54, 1.807) is 114 Å². The number of aliphatic hydroxyl groups is 2. The molecule has 0 saturated carbocycles. The van der Waals surface area contributed by atoms with Gasteiger partial charge in [0.15, 0.2) is 11.6 Å². The average Bonchev–Trinajstić information content (AvgIpc) is 3.33. The Hall–Kier alpha value is -7.10. The van der Waals surface area contributed by atoms with E-state index in [0.717, 1.165) is 11.1 Å². The summed E-state index contributed by atoms with van der Waals surface area (Å²) < 4.78 is 31.0. The highest BCUT2D eigenvalue weighted by atomic mass is 35.5. The van der Waals surface area contributed by atoms with Gasteiger partial charge in [0.1, 0.15) is 45.9 Å². The zero-order chi connectivity index (χ0) is 50.7. The highest BCUT2D eigenvalue weighted by Gasteiger charge is 2.23. The SMILES string of the molecule is Cc1cnc(-c2ccnc(C(C)(C)O)n2)cc1-n1c(C)cc(OCc2ccccc2)c(Cl)c1=O.[2H]C([2H])(Oc1cc(C)n(-c2cc(-c3ccnc(C(C)(C)O)n3)ncc2C)c(=O)c1Cl)c1ccccc1. The molecule has 0 amide bonds. The van der Waals surface area contributed by atoms with Crippen molar-refractivity contribution in [3.8, 4) is 45.6 Å². The van der Waals surface area contributed by atoms with Gasteiger partial charge in [-0.25, -0.2) is 19.9 Å². The second-order valence-corrected chi connectivity index (χ2v) is 17.7. The molecule has 14 nitrogen and oxygen atoms in total. The molecule has 0 radical (unpaired) electrons. The molecule has 0 fully saturated rings. The van der Waals surface area contributed by atoms with E-state index < -0.39 is 23.3 Å². The fraction of sp³-hybridized carbons (Fsp3) is 0.231. The van der Waals surface area contributed by atoms with Crippen LogP contribution in [-0.2, 0) is 24.4 Å². The second kappa shape index (κ2) is 20.4. The number of aryl methyl sites for hydroxylation is 4. The van der Waals surface area contributed by atoms with Crippen LogP contribution >= 0.6 is 23.2 Å². The van der Waals surface area contributed by atoms with Crippen LogP contribution in [0.2, 0.25) is 10.0 Å². The van der Waals surface area contributed by atoms with Crippen LogP contribution < -0.4 is 20.6 Å². The molecule has 0 spiro atoms. The molecular formula is C52H50Cl2N8O6. The summed E-state index contributed by atoms with van der Waals surface area (Å²) in [6.07, 6.45) is 6.41. The van der Waals surface area contributed by atoms with Gasteiger partial charge in [-0.15, -0.1) is 0 Å². The maximum absolute atomic E-state index is 13.4. The van der Waals surface area contributed by atoms with E-state index in [4.69, 9.17) is 35.4 Å². The average molecular weight is 956 g/mol. The summed E-state index contributed by atoms with van der Waals surface area (Å²) in [5.74, 6) is 0.809. The molecule has 348 valence electrons. The minimum Gasteiger partial charge on any atom is -0.487 e. The van der Waals surface area contributed by atoms with Crippen LogP contribution in [0.25, 0.3) is 34.2 Å². The van der Waals surface area contributed by atoms with Crippen LogP contribution in [0.1, 0.15) is 75.7 Å². The quantitative estimate of drug-likeness (QED) is 0.119. The van der Waals surface area contributed by atoms with Gasteiger partial charge in [-0.3, -0.25) is 28.7 Å². The van der Waals surface area contributed by atoms with Crippen molar-refractivity contribution in [2.75, 3.05) is 0 Å². The van der Waals surface area contributed by atoms with Gasteiger partial charge in [0.2, 0.25) is 0 Å². The van der Waals surface area contributed by atoms with Crippen LogP contribution in [0.5, 0.6) is 11.5 Å². The van der Waals surface area contributed by atoms with Crippen molar-refractivity contribution in [3.63, 3.8) is 0 Å². The third kappa shape index (κ3) is 11.2. The van der Waals surface area contributed by atoms with Crippen LogP contribution in [0.15, 0.2) is 131 Å². The zero-order valence-electron chi connectivity index (χ0n) is 40.6. The van der Waals surface area contributed by atoms with E-state index in [2.05, 4.69) is 29.9 Å². The fourth-order valence-electron chi connectivity index (χ4n) is 6.88. The summed E-state index contributed by atoms with van der Waals surface area (Å²) in [5.41, 5.74) is 3.77. The smallest absolute Gasteiger partial charge is 0.277 e. The van der Waals surface area contributed by atoms with Crippen LogP contribution in [0.3, 0.4) is 0 Å². The third-order valence-electron chi connectivity index (χ3n) is 10.5. The first-order chi connectivity index (χ1) is 33.0. The van der Waals surface area contributed by atoms with Crippen molar-refractivity contribution in [2.45, 2.75) is 79.8 Å². The molecule has 0 aliphatic heterocycles. The number of aromatic nitrogens is 8. The molecule has 16 heteroatoms. The lowest BCUT2D eigenvalue weighted by Crippen LogP contribution is -2.23. The first-order valence-electron chi connectivity index (χ1n) is 22.4. The Balaban J connectivity index is 0.000000207. The van der Waals surface area contributed by atoms with E-state index in [-0.39, 0.29) is 33.0 Å². The lowest BCUT2D eigenvalue weighted by atomic mass is 10.1. The highest BCUT2D eigenvalue weighted by Crippen LogP contribution is 2.30. The number of nitrogens with zero attached hydrogens (tertiary/aromatic N) is 8. The Morgan fingerprint density at radius 1 is 0.574 bits per heavy atom. The summed E-state index contributed by atoms with van der Waals surface area (Å²) in [4.78, 5) is 52.7. The van der Waals surface area contributed by atoms with Crippen molar-refractivity contribution in [1.82, 2.24) is 39.0 Å².